The Labute approximate surface area is 112 Å². The molecule has 1 saturated carbocycles. The molecule has 1 aliphatic heterocycles. The van der Waals surface area contributed by atoms with Crippen LogP contribution in [-0.2, 0) is 0 Å². The number of carbonyl (C=O) groups is 1. The Kier molecular flexibility index (Phi) is 3.77. The van der Waals surface area contributed by atoms with E-state index in [4.69, 9.17) is 0 Å². The highest BCUT2D eigenvalue weighted by atomic mass is 16.2. The Hall–Kier alpha value is -1.43. The van der Waals surface area contributed by atoms with Crippen LogP contribution in [0.25, 0.3) is 0 Å². The van der Waals surface area contributed by atoms with E-state index in [1.54, 1.807) is 0 Å². The minimum Gasteiger partial charge on any atom is -0.349 e. The van der Waals surface area contributed by atoms with E-state index in [-0.39, 0.29) is 11.7 Å². The predicted octanol–water partition coefficient (Wildman–Crippen LogP) is 0.802. The van der Waals surface area contributed by atoms with Gasteiger partial charge in [-0.25, -0.2) is 4.98 Å². The molecule has 3 N–H and O–H groups in total. The largest absolute Gasteiger partial charge is 0.349 e. The topological polar surface area (TPSA) is 82.7 Å². The van der Waals surface area contributed by atoms with Gasteiger partial charge in [-0.05, 0) is 51.1 Å². The lowest BCUT2D eigenvalue weighted by Gasteiger charge is -2.22. The number of aromatic nitrogens is 3. The molecule has 1 aromatic heterocycles. The van der Waals surface area contributed by atoms with Crippen LogP contribution in [0.2, 0.25) is 0 Å². The summed E-state index contributed by atoms with van der Waals surface area (Å²) in [6.07, 6.45) is 5.84. The summed E-state index contributed by atoms with van der Waals surface area (Å²) in [7, 11) is 0. The molecule has 0 bridgehead atoms. The van der Waals surface area contributed by atoms with Gasteiger partial charge in [0.2, 0.25) is 5.82 Å². The highest BCUT2D eigenvalue weighted by Crippen LogP contribution is 2.37. The molecule has 6 nitrogen and oxygen atoms in total. The zero-order valence-electron chi connectivity index (χ0n) is 11.1. The average molecular weight is 263 g/mol. The molecule has 1 amide bonds. The van der Waals surface area contributed by atoms with E-state index in [2.05, 4.69) is 25.8 Å². The minimum atomic E-state index is -0.160. The van der Waals surface area contributed by atoms with E-state index < -0.39 is 0 Å². The summed E-state index contributed by atoms with van der Waals surface area (Å²) >= 11 is 0. The number of H-pyrrole nitrogens is 1. The Balaban J connectivity index is 1.42. The summed E-state index contributed by atoms with van der Waals surface area (Å²) in [5, 5.41) is 13.1. The van der Waals surface area contributed by atoms with E-state index in [0.29, 0.717) is 18.4 Å². The highest BCUT2D eigenvalue weighted by molar-refractivity contribution is 5.90. The van der Waals surface area contributed by atoms with Crippen LogP contribution in [0.4, 0.5) is 0 Å². The van der Waals surface area contributed by atoms with E-state index >= 15 is 0 Å². The maximum Gasteiger partial charge on any atom is 0.290 e. The predicted molar refractivity (Wildman–Crippen MR) is 70.9 cm³/mol. The van der Waals surface area contributed by atoms with Gasteiger partial charge in [0.15, 0.2) is 0 Å². The van der Waals surface area contributed by atoms with Crippen molar-refractivity contribution in [3.05, 3.63) is 11.6 Å². The van der Waals surface area contributed by atoms with Gasteiger partial charge >= 0.3 is 0 Å². The van der Waals surface area contributed by atoms with Crippen molar-refractivity contribution in [3.63, 3.8) is 0 Å². The molecule has 0 radical (unpaired) electrons. The first-order valence-corrected chi connectivity index (χ1v) is 7.24. The first kappa shape index (κ1) is 12.6. The van der Waals surface area contributed by atoms with Crippen LogP contribution in [0.15, 0.2) is 0 Å². The van der Waals surface area contributed by atoms with Gasteiger partial charge < -0.3 is 10.6 Å². The summed E-state index contributed by atoms with van der Waals surface area (Å²) in [4.78, 5) is 16.1. The van der Waals surface area contributed by atoms with Gasteiger partial charge in [0.25, 0.3) is 5.91 Å². The van der Waals surface area contributed by atoms with Crippen molar-refractivity contribution in [2.75, 3.05) is 19.6 Å². The van der Waals surface area contributed by atoms with Crippen LogP contribution in [0, 0.1) is 5.92 Å². The van der Waals surface area contributed by atoms with Gasteiger partial charge in [-0.3, -0.25) is 9.89 Å². The van der Waals surface area contributed by atoms with Gasteiger partial charge in [0.1, 0.15) is 5.82 Å². The highest BCUT2D eigenvalue weighted by Gasteiger charge is 2.28. The molecule has 1 aromatic rings. The number of aromatic amines is 1. The molecular weight excluding hydrogens is 242 g/mol. The van der Waals surface area contributed by atoms with E-state index in [0.717, 1.165) is 38.2 Å². The van der Waals surface area contributed by atoms with Crippen molar-refractivity contribution in [1.82, 2.24) is 25.8 Å². The quantitative estimate of drug-likeness (QED) is 0.734. The van der Waals surface area contributed by atoms with Crippen LogP contribution in [0.5, 0.6) is 0 Å². The van der Waals surface area contributed by atoms with Gasteiger partial charge in [-0.15, -0.1) is 5.10 Å². The van der Waals surface area contributed by atoms with Crippen molar-refractivity contribution >= 4 is 5.91 Å². The monoisotopic (exact) mass is 263 g/mol. The number of rotatable bonds is 5. The summed E-state index contributed by atoms with van der Waals surface area (Å²) in [6, 6.07) is 0. The summed E-state index contributed by atoms with van der Waals surface area (Å²) in [6.45, 7) is 2.91. The summed E-state index contributed by atoms with van der Waals surface area (Å²) in [5.41, 5.74) is 0. The van der Waals surface area contributed by atoms with Crippen LogP contribution < -0.4 is 10.6 Å². The third kappa shape index (κ3) is 3.32. The Morgan fingerprint density at radius 2 is 2.26 bits per heavy atom. The number of carbonyl (C=O) groups excluding carboxylic acids is 1. The molecule has 0 spiro atoms. The molecule has 104 valence electrons. The summed E-state index contributed by atoms with van der Waals surface area (Å²) < 4.78 is 0. The van der Waals surface area contributed by atoms with E-state index in [1.807, 2.05) is 0 Å². The molecule has 19 heavy (non-hydrogen) atoms. The van der Waals surface area contributed by atoms with Gasteiger partial charge in [-0.1, -0.05) is 0 Å². The average Bonchev–Trinajstić information content (AvgIpc) is 3.17. The van der Waals surface area contributed by atoms with E-state index in [9.17, 15) is 4.79 Å². The molecule has 1 unspecified atom stereocenters. The van der Waals surface area contributed by atoms with Crippen LogP contribution in [0.1, 0.15) is 54.5 Å². The van der Waals surface area contributed by atoms with Crippen molar-refractivity contribution in [3.8, 4) is 0 Å². The molecule has 1 atom stereocenters. The maximum atomic E-state index is 11.9. The number of piperidine rings is 1. The second kappa shape index (κ2) is 5.69. The Morgan fingerprint density at radius 3 is 3.00 bits per heavy atom. The first-order chi connectivity index (χ1) is 9.33. The number of hydrogen-bond acceptors (Lipinski definition) is 4. The first-order valence-electron chi connectivity index (χ1n) is 7.24. The lowest BCUT2D eigenvalue weighted by Crippen LogP contribution is -2.33. The number of nitrogens with one attached hydrogen (secondary N) is 3. The molecule has 3 rings (SSSR count). The van der Waals surface area contributed by atoms with Crippen molar-refractivity contribution < 1.29 is 4.79 Å². The standard InChI is InChI=1S/C13H21N5O/c19-13(12-16-11(17-18-12)10-3-4-10)15-7-5-9-2-1-6-14-8-9/h9-10,14H,1-8H2,(H,15,19)(H,16,17,18). The molecular formula is C13H21N5O. The normalized spacial score (nSPS) is 23.3. The van der Waals surface area contributed by atoms with Gasteiger partial charge in [0.05, 0.1) is 0 Å². The Morgan fingerprint density at radius 1 is 1.37 bits per heavy atom. The van der Waals surface area contributed by atoms with Gasteiger partial charge in [0, 0.05) is 12.5 Å². The van der Waals surface area contributed by atoms with Crippen LogP contribution >= 0.6 is 0 Å². The molecule has 1 aliphatic carbocycles. The van der Waals surface area contributed by atoms with Crippen LogP contribution in [0.3, 0.4) is 0 Å². The second-order valence-electron chi connectivity index (χ2n) is 5.58. The van der Waals surface area contributed by atoms with Crippen LogP contribution in [-0.4, -0.2) is 40.7 Å². The SMILES string of the molecule is O=C(NCCC1CCCNC1)c1n[nH]c(C2CC2)n1. The Bertz CT molecular complexity index is 434. The molecule has 2 heterocycles. The lowest BCUT2D eigenvalue weighted by molar-refractivity contribution is 0.0940. The maximum absolute atomic E-state index is 11.9. The second-order valence-corrected chi connectivity index (χ2v) is 5.58. The number of amides is 1. The van der Waals surface area contributed by atoms with Crippen molar-refractivity contribution in [2.45, 2.75) is 38.0 Å². The fraction of sp³-hybridized carbons (Fsp3) is 0.769. The van der Waals surface area contributed by atoms with Gasteiger partial charge in [-0.2, -0.15) is 0 Å². The number of nitrogens with zero attached hydrogens (tertiary/aromatic N) is 2. The van der Waals surface area contributed by atoms with Crippen molar-refractivity contribution in [1.29, 1.82) is 0 Å². The zero-order chi connectivity index (χ0) is 13.1. The molecule has 2 fully saturated rings. The zero-order valence-corrected chi connectivity index (χ0v) is 11.1. The fourth-order valence-electron chi connectivity index (χ4n) is 2.55. The fourth-order valence-corrected chi connectivity index (χ4v) is 2.55. The third-order valence-corrected chi connectivity index (χ3v) is 3.91. The lowest BCUT2D eigenvalue weighted by atomic mass is 9.96. The van der Waals surface area contributed by atoms with Crippen molar-refractivity contribution in [2.24, 2.45) is 5.92 Å². The molecule has 6 heteroatoms. The summed E-state index contributed by atoms with van der Waals surface area (Å²) in [5.74, 6) is 2.17. The molecule has 2 aliphatic rings. The number of hydrogen-bond donors (Lipinski definition) is 3. The van der Waals surface area contributed by atoms with E-state index in [1.165, 1.54) is 12.8 Å². The molecule has 1 saturated heterocycles. The smallest absolute Gasteiger partial charge is 0.290 e. The third-order valence-electron chi connectivity index (χ3n) is 3.91. The minimum absolute atomic E-state index is 0.160. The molecule has 0 aromatic carbocycles.